The summed E-state index contributed by atoms with van der Waals surface area (Å²) in [5.41, 5.74) is 0. The Labute approximate surface area is 66.2 Å². The lowest BCUT2D eigenvalue weighted by Crippen LogP contribution is -2.35. The van der Waals surface area contributed by atoms with Crippen molar-refractivity contribution < 1.29 is 8.78 Å². The van der Waals surface area contributed by atoms with Gasteiger partial charge in [0.1, 0.15) is 0 Å². The van der Waals surface area contributed by atoms with Gasteiger partial charge in [-0.2, -0.15) is 0 Å². The van der Waals surface area contributed by atoms with Gasteiger partial charge in [0.15, 0.2) is 0 Å². The highest BCUT2D eigenvalue weighted by Gasteiger charge is 2.17. The van der Waals surface area contributed by atoms with E-state index in [-0.39, 0.29) is 6.42 Å². The molecule has 0 saturated carbocycles. The van der Waals surface area contributed by atoms with Crippen molar-refractivity contribution in [3.8, 4) is 12.3 Å². The molecule has 1 atom stereocenters. The number of alkyl halides is 2. The minimum absolute atomic E-state index is 0.0949. The topological polar surface area (TPSA) is 12.0 Å². The highest BCUT2D eigenvalue weighted by Crippen LogP contribution is 2.03. The highest BCUT2D eigenvalue weighted by molar-refractivity contribution is 4.90. The van der Waals surface area contributed by atoms with Crippen LogP contribution in [0.1, 0.15) is 19.8 Å². The molecule has 0 rings (SSSR count). The summed E-state index contributed by atoms with van der Waals surface area (Å²) < 4.78 is 24.1. The zero-order valence-corrected chi connectivity index (χ0v) is 6.61. The van der Waals surface area contributed by atoms with E-state index in [2.05, 4.69) is 11.2 Å². The van der Waals surface area contributed by atoms with Gasteiger partial charge in [-0.25, -0.2) is 8.78 Å². The van der Waals surface area contributed by atoms with Crippen LogP contribution in [0.2, 0.25) is 0 Å². The molecular formula is C8H13F2N. The monoisotopic (exact) mass is 161 g/mol. The molecule has 3 heteroatoms. The summed E-state index contributed by atoms with van der Waals surface area (Å²) in [5, 5.41) is 2.68. The maximum Gasteiger partial charge on any atom is 0.254 e. The predicted molar refractivity (Wildman–Crippen MR) is 41.5 cm³/mol. The van der Waals surface area contributed by atoms with E-state index in [4.69, 9.17) is 6.42 Å². The van der Waals surface area contributed by atoms with Gasteiger partial charge in [-0.15, -0.1) is 12.3 Å². The van der Waals surface area contributed by atoms with Crippen LogP contribution in [-0.2, 0) is 0 Å². The lowest BCUT2D eigenvalue weighted by Gasteiger charge is -2.13. The molecule has 0 aromatic rings. The second kappa shape index (κ2) is 6.11. The van der Waals surface area contributed by atoms with Crippen molar-refractivity contribution in [1.82, 2.24) is 5.32 Å². The molecule has 0 fully saturated rings. The first kappa shape index (κ1) is 10.4. The molecule has 0 heterocycles. The fraction of sp³-hybridized carbons (Fsp3) is 0.750. The lowest BCUT2D eigenvalue weighted by atomic mass is 10.2. The maximum absolute atomic E-state index is 12.1. The smallest absolute Gasteiger partial charge is 0.254 e. The molecule has 0 aromatic heterocycles. The molecule has 0 aliphatic heterocycles. The molecule has 0 bridgehead atoms. The van der Waals surface area contributed by atoms with E-state index in [9.17, 15) is 8.78 Å². The SMILES string of the molecule is C#CCC(NCCC)C(F)F. The Morgan fingerprint density at radius 3 is 2.55 bits per heavy atom. The molecule has 0 aromatic carbocycles. The molecule has 0 saturated heterocycles. The van der Waals surface area contributed by atoms with E-state index in [1.807, 2.05) is 6.92 Å². The quantitative estimate of drug-likeness (QED) is 0.604. The number of halogens is 2. The molecule has 1 nitrogen and oxygen atoms in total. The van der Waals surface area contributed by atoms with Gasteiger partial charge < -0.3 is 5.32 Å². The van der Waals surface area contributed by atoms with Crippen molar-refractivity contribution in [2.45, 2.75) is 32.2 Å². The normalized spacial score (nSPS) is 13.0. The van der Waals surface area contributed by atoms with E-state index in [0.717, 1.165) is 6.42 Å². The van der Waals surface area contributed by atoms with E-state index in [1.165, 1.54) is 0 Å². The Bertz CT molecular complexity index is 129. The number of rotatable bonds is 5. The number of nitrogens with one attached hydrogen (secondary N) is 1. The van der Waals surface area contributed by atoms with Crippen LogP contribution in [0.15, 0.2) is 0 Å². The van der Waals surface area contributed by atoms with Crippen molar-refractivity contribution in [3.63, 3.8) is 0 Å². The summed E-state index contributed by atoms with van der Waals surface area (Å²) in [5.74, 6) is 2.22. The van der Waals surface area contributed by atoms with Gasteiger partial charge in [0, 0.05) is 6.42 Å². The second-order valence-corrected chi connectivity index (χ2v) is 2.30. The van der Waals surface area contributed by atoms with Gasteiger partial charge in [-0.1, -0.05) is 6.92 Å². The Balaban J connectivity index is 3.62. The van der Waals surface area contributed by atoms with Crippen LogP contribution in [0.5, 0.6) is 0 Å². The molecule has 0 amide bonds. The summed E-state index contributed by atoms with van der Waals surface area (Å²) >= 11 is 0. The van der Waals surface area contributed by atoms with Gasteiger partial charge in [0.25, 0.3) is 6.43 Å². The third kappa shape index (κ3) is 4.74. The molecule has 11 heavy (non-hydrogen) atoms. The molecule has 0 aliphatic rings. The van der Waals surface area contributed by atoms with E-state index in [0.29, 0.717) is 6.54 Å². The summed E-state index contributed by atoms with van der Waals surface area (Å²) in [4.78, 5) is 0. The first-order valence-electron chi connectivity index (χ1n) is 3.67. The van der Waals surface area contributed by atoms with Crippen LogP contribution < -0.4 is 5.32 Å². The van der Waals surface area contributed by atoms with Crippen molar-refractivity contribution in [2.75, 3.05) is 6.54 Å². The minimum atomic E-state index is -2.36. The Morgan fingerprint density at radius 2 is 2.18 bits per heavy atom. The van der Waals surface area contributed by atoms with E-state index >= 15 is 0 Å². The van der Waals surface area contributed by atoms with Crippen molar-refractivity contribution in [1.29, 1.82) is 0 Å². The molecule has 64 valence electrons. The third-order valence-corrected chi connectivity index (χ3v) is 1.30. The summed E-state index contributed by atoms with van der Waals surface area (Å²) in [6, 6.07) is -0.833. The number of hydrogen-bond acceptors (Lipinski definition) is 1. The van der Waals surface area contributed by atoms with Crippen molar-refractivity contribution >= 4 is 0 Å². The average Bonchev–Trinajstić information content (AvgIpc) is 1.97. The van der Waals surface area contributed by atoms with Crippen LogP contribution in [0, 0.1) is 12.3 Å². The summed E-state index contributed by atoms with van der Waals surface area (Å²) in [6.45, 7) is 2.52. The van der Waals surface area contributed by atoms with Gasteiger partial charge in [0.05, 0.1) is 6.04 Å². The standard InChI is InChI=1S/C8H13F2N/c1-3-5-7(8(9)10)11-6-4-2/h1,7-8,11H,4-6H2,2H3. The summed E-state index contributed by atoms with van der Waals surface area (Å²) in [7, 11) is 0. The molecular weight excluding hydrogens is 148 g/mol. The Kier molecular flexibility index (Phi) is 5.77. The van der Waals surface area contributed by atoms with Crippen LogP contribution in [0.4, 0.5) is 8.78 Å². The fourth-order valence-electron chi connectivity index (χ4n) is 0.707. The zero-order valence-electron chi connectivity index (χ0n) is 6.61. The first-order valence-corrected chi connectivity index (χ1v) is 3.67. The lowest BCUT2D eigenvalue weighted by molar-refractivity contribution is 0.100. The predicted octanol–water partition coefficient (Wildman–Crippen LogP) is 1.64. The van der Waals surface area contributed by atoms with Crippen molar-refractivity contribution in [3.05, 3.63) is 0 Å². The first-order chi connectivity index (χ1) is 5.22. The zero-order chi connectivity index (χ0) is 8.69. The summed E-state index contributed by atoms with van der Waals surface area (Å²) in [6.07, 6.45) is 3.49. The van der Waals surface area contributed by atoms with Crippen molar-refractivity contribution in [2.24, 2.45) is 0 Å². The van der Waals surface area contributed by atoms with Gasteiger partial charge in [-0.05, 0) is 13.0 Å². The van der Waals surface area contributed by atoms with Crippen LogP contribution >= 0.6 is 0 Å². The van der Waals surface area contributed by atoms with Gasteiger partial charge >= 0.3 is 0 Å². The molecule has 1 unspecified atom stereocenters. The molecule has 0 aliphatic carbocycles. The van der Waals surface area contributed by atoms with E-state index in [1.54, 1.807) is 0 Å². The largest absolute Gasteiger partial charge is 0.308 e. The van der Waals surface area contributed by atoms with Crippen LogP contribution in [0.25, 0.3) is 0 Å². The number of hydrogen-bond donors (Lipinski definition) is 1. The third-order valence-electron chi connectivity index (χ3n) is 1.30. The molecule has 0 radical (unpaired) electrons. The average molecular weight is 161 g/mol. The Morgan fingerprint density at radius 1 is 1.55 bits per heavy atom. The highest BCUT2D eigenvalue weighted by atomic mass is 19.3. The molecule has 0 spiro atoms. The fourth-order valence-corrected chi connectivity index (χ4v) is 0.707. The Hall–Kier alpha value is -0.620. The number of terminal acetylenes is 1. The second-order valence-electron chi connectivity index (χ2n) is 2.30. The maximum atomic E-state index is 12.1. The van der Waals surface area contributed by atoms with Crippen LogP contribution in [-0.4, -0.2) is 19.0 Å². The van der Waals surface area contributed by atoms with Gasteiger partial charge in [-0.3, -0.25) is 0 Å². The molecule has 1 N–H and O–H groups in total. The van der Waals surface area contributed by atoms with Gasteiger partial charge in [0.2, 0.25) is 0 Å². The minimum Gasteiger partial charge on any atom is -0.308 e. The van der Waals surface area contributed by atoms with E-state index < -0.39 is 12.5 Å². The van der Waals surface area contributed by atoms with Crippen LogP contribution in [0.3, 0.4) is 0 Å².